The van der Waals surface area contributed by atoms with E-state index in [0.29, 0.717) is 5.75 Å². The topological polar surface area (TPSA) is 41.4 Å². The van der Waals surface area contributed by atoms with E-state index in [4.69, 9.17) is 0 Å². The van der Waals surface area contributed by atoms with Crippen LogP contribution in [0.4, 0.5) is 0 Å². The van der Waals surface area contributed by atoms with Crippen LogP contribution >= 0.6 is 11.8 Å². The van der Waals surface area contributed by atoms with Crippen molar-refractivity contribution in [2.75, 3.05) is 31.9 Å². The number of hydrogen-bond acceptors (Lipinski definition) is 4. The predicted octanol–water partition coefficient (Wildman–Crippen LogP) is 2.31. The Morgan fingerprint density at radius 3 is 2.64 bits per heavy atom. The molecule has 1 aliphatic heterocycles. The summed E-state index contributed by atoms with van der Waals surface area (Å²) in [7, 11) is 2.02. The molecule has 1 fully saturated rings. The fraction of sp³-hybridized carbons (Fsp3) is 0.474. The molecule has 0 unspecified atom stereocenters. The number of nitrogens with zero attached hydrogens (tertiary/aromatic N) is 4. The van der Waals surface area contributed by atoms with E-state index in [9.17, 15) is 4.79 Å². The monoisotopic (exact) mass is 358 g/mol. The van der Waals surface area contributed by atoms with Crippen molar-refractivity contribution < 1.29 is 4.79 Å². The molecule has 0 atom stereocenters. The van der Waals surface area contributed by atoms with Crippen LogP contribution in [-0.4, -0.2) is 57.2 Å². The molecular formula is C19H26N4OS. The van der Waals surface area contributed by atoms with Crippen LogP contribution in [-0.2, 0) is 24.1 Å². The van der Waals surface area contributed by atoms with Gasteiger partial charge >= 0.3 is 0 Å². The molecule has 1 aromatic heterocycles. The van der Waals surface area contributed by atoms with Gasteiger partial charge in [-0.25, -0.2) is 4.98 Å². The number of carbonyl (C=O) groups is 1. The molecule has 1 amide bonds. The fourth-order valence-corrected chi connectivity index (χ4v) is 4.02. The van der Waals surface area contributed by atoms with Gasteiger partial charge in [0.1, 0.15) is 5.82 Å². The van der Waals surface area contributed by atoms with Gasteiger partial charge in [0.05, 0.1) is 12.3 Å². The first-order chi connectivity index (χ1) is 12.1. The van der Waals surface area contributed by atoms with Crippen molar-refractivity contribution in [2.45, 2.75) is 19.2 Å². The van der Waals surface area contributed by atoms with Crippen molar-refractivity contribution >= 4 is 17.7 Å². The number of rotatable bonds is 6. The highest BCUT2D eigenvalue weighted by atomic mass is 32.2. The lowest BCUT2D eigenvalue weighted by molar-refractivity contribution is -0.130. The van der Waals surface area contributed by atoms with Gasteiger partial charge in [0.2, 0.25) is 5.91 Å². The van der Waals surface area contributed by atoms with Crippen molar-refractivity contribution in [1.29, 1.82) is 0 Å². The van der Waals surface area contributed by atoms with Crippen molar-refractivity contribution in [3.8, 4) is 0 Å². The average molecular weight is 359 g/mol. The van der Waals surface area contributed by atoms with E-state index in [1.54, 1.807) is 11.8 Å². The molecule has 25 heavy (non-hydrogen) atoms. The van der Waals surface area contributed by atoms with E-state index in [0.717, 1.165) is 44.3 Å². The Bertz CT molecular complexity index is 707. The van der Waals surface area contributed by atoms with Gasteiger partial charge in [-0.05, 0) is 18.1 Å². The van der Waals surface area contributed by atoms with E-state index in [-0.39, 0.29) is 5.91 Å². The Morgan fingerprint density at radius 1 is 1.20 bits per heavy atom. The number of benzene rings is 1. The Balaban J connectivity index is 1.39. The Hall–Kier alpha value is -1.79. The van der Waals surface area contributed by atoms with Gasteiger partial charge in [0.25, 0.3) is 0 Å². The van der Waals surface area contributed by atoms with Gasteiger partial charge in [0.15, 0.2) is 0 Å². The number of aryl methyl sites for hydroxylation is 2. The predicted molar refractivity (Wildman–Crippen MR) is 102 cm³/mol. The second kappa shape index (κ2) is 8.54. The molecule has 5 nitrogen and oxygen atoms in total. The van der Waals surface area contributed by atoms with Crippen molar-refractivity contribution in [2.24, 2.45) is 7.05 Å². The second-order valence-electron chi connectivity index (χ2n) is 6.53. The SMILES string of the molecule is Cc1ccccc1CSCC(=O)N1CCN(Cc2nccn2C)CC1. The van der Waals surface area contributed by atoms with Crippen LogP contribution in [0.2, 0.25) is 0 Å². The molecule has 1 saturated heterocycles. The van der Waals surface area contributed by atoms with Gasteiger partial charge in [-0.3, -0.25) is 9.69 Å². The van der Waals surface area contributed by atoms with Crippen molar-refractivity contribution in [3.05, 3.63) is 53.6 Å². The van der Waals surface area contributed by atoms with E-state index < -0.39 is 0 Å². The number of piperazine rings is 1. The van der Waals surface area contributed by atoms with Crippen LogP contribution < -0.4 is 0 Å². The normalized spacial score (nSPS) is 15.5. The quantitative estimate of drug-likeness (QED) is 0.795. The van der Waals surface area contributed by atoms with Gasteiger partial charge in [-0.2, -0.15) is 0 Å². The van der Waals surface area contributed by atoms with E-state index in [2.05, 4.69) is 45.6 Å². The first-order valence-corrected chi connectivity index (χ1v) is 9.87. The van der Waals surface area contributed by atoms with Crippen LogP contribution in [0.25, 0.3) is 0 Å². The lowest BCUT2D eigenvalue weighted by Crippen LogP contribution is -2.49. The Kier molecular flexibility index (Phi) is 6.15. The van der Waals surface area contributed by atoms with Gasteiger partial charge in [-0.15, -0.1) is 11.8 Å². The molecule has 134 valence electrons. The number of amides is 1. The third kappa shape index (κ3) is 4.86. The highest BCUT2D eigenvalue weighted by Gasteiger charge is 2.21. The Morgan fingerprint density at radius 2 is 1.96 bits per heavy atom. The number of carbonyl (C=O) groups excluding carboxylic acids is 1. The van der Waals surface area contributed by atoms with E-state index in [1.807, 2.05) is 24.3 Å². The highest BCUT2D eigenvalue weighted by molar-refractivity contribution is 7.99. The molecule has 0 saturated carbocycles. The molecule has 0 bridgehead atoms. The van der Waals surface area contributed by atoms with Crippen molar-refractivity contribution in [1.82, 2.24) is 19.4 Å². The first kappa shape index (κ1) is 18.0. The number of hydrogen-bond donors (Lipinski definition) is 0. The van der Waals surface area contributed by atoms with Gasteiger partial charge in [-0.1, -0.05) is 24.3 Å². The number of imidazole rings is 1. The van der Waals surface area contributed by atoms with Crippen LogP contribution in [0.5, 0.6) is 0 Å². The smallest absolute Gasteiger partial charge is 0.232 e. The molecule has 0 spiro atoms. The molecule has 0 aliphatic carbocycles. The molecule has 1 aromatic carbocycles. The summed E-state index contributed by atoms with van der Waals surface area (Å²) < 4.78 is 2.06. The largest absolute Gasteiger partial charge is 0.339 e. The van der Waals surface area contributed by atoms with E-state index in [1.165, 1.54) is 11.1 Å². The summed E-state index contributed by atoms with van der Waals surface area (Å²) in [4.78, 5) is 21.2. The third-order valence-electron chi connectivity index (χ3n) is 4.76. The van der Waals surface area contributed by atoms with Crippen molar-refractivity contribution in [3.63, 3.8) is 0 Å². The number of thioether (sulfide) groups is 1. The minimum absolute atomic E-state index is 0.259. The summed E-state index contributed by atoms with van der Waals surface area (Å²) in [5.74, 6) is 2.80. The third-order valence-corrected chi connectivity index (χ3v) is 5.72. The second-order valence-corrected chi connectivity index (χ2v) is 7.52. The molecule has 0 N–H and O–H groups in total. The van der Waals surface area contributed by atoms with Crippen LogP contribution in [0, 0.1) is 6.92 Å². The minimum atomic E-state index is 0.259. The zero-order valence-corrected chi connectivity index (χ0v) is 15.8. The maximum atomic E-state index is 12.4. The van der Waals surface area contributed by atoms with E-state index >= 15 is 0 Å². The Labute approximate surface area is 154 Å². The summed E-state index contributed by atoms with van der Waals surface area (Å²) in [6.07, 6.45) is 3.81. The lowest BCUT2D eigenvalue weighted by atomic mass is 10.1. The van der Waals surface area contributed by atoms with Crippen LogP contribution in [0.3, 0.4) is 0 Å². The summed E-state index contributed by atoms with van der Waals surface area (Å²) in [6, 6.07) is 8.38. The maximum Gasteiger partial charge on any atom is 0.232 e. The molecular weight excluding hydrogens is 332 g/mol. The average Bonchev–Trinajstić information content (AvgIpc) is 3.02. The molecule has 0 radical (unpaired) electrons. The van der Waals surface area contributed by atoms with Crippen LogP contribution in [0.15, 0.2) is 36.7 Å². The molecule has 1 aliphatic rings. The van der Waals surface area contributed by atoms with Gasteiger partial charge in [0, 0.05) is 51.4 Å². The maximum absolute atomic E-state index is 12.4. The summed E-state index contributed by atoms with van der Waals surface area (Å²) in [5.41, 5.74) is 2.62. The fourth-order valence-electron chi connectivity index (χ4n) is 3.02. The van der Waals surface area contributed by atoms with Crippen LogP contribution in [0.1, 0.15) is 17.0 Å². The number of aromatic nitrogens is 2. The minimum Gasteiger partial charge on any atom is -0.339 e. The molecule has 2 aromatic rings. The highest BCUT2D eigenvalue weighted by Crippen LogP contribution is 2.17. The molecule has 6 heteroatoms. The zero-order valence-electron chi connectivity index (χ0n) is 15.0. The summed E-state index contributed by atoms with van der Waals surface area (Å²) >= 11 is 1.71. The summed E-state index contributed by atoms with van der Waals surface area (Å²) in [5, 5.41) is 0. The first-order valence-electron chi connectivity index (χ1n) is 8.72. The molecule has 2 heterocycles. The zero-order chi connectivity index (χ0) is 17.6. The standard InChI is InChI=1S/C19H26N4OS/c1-16-5-3-4-6-17(16)14-25-15-19(24)23-11-9-22(10-12-23)13-18-20-7-8-21(18)2/h3-8H,9-15H2,1-2H3. The molecule has 3 rings (SSSR count). The lowest BCUT2D eigenvalue weighted by Gasteiger charge is -2.34. The van der Waals surface area contributed by atoms with Gasteiger partial charge < -0.3 is 9.47 Å². The summed E-state index contributed by atoms with van der Waals surface area (Å²) in [6.45, 7) is 6.44.